The molecule has 0 amide bonds. The van der Waals surface area contributed by atoms with Crippen molar-refractivity contribution in [2.75, 3.05) is 20.8 Å². The molecule has 0 aliphatic carbocycles. The second-order valence-corrected chi connectivity index (χ2v) is 5.18. The summed E-state index contributed by atoms with van der Waals surface area (Å²) in [5, 5.41) is 4.19. The van der Waals surface area contributed by atoms with Crippen molar-refractivity contribution in [3.8, 4) is 11.5 Å². The minimum absolute atomic E-state index is 0.760. The topological polar surface area (TPSA) is 30.5 Å². The molecule has 0 bridgehead atoms. The predicted molar refractivity (Wildman–Crippen MR) is 86.4 cm³/mol. The van der Waals surface area contributed by atoms with Crippen LogP contribution in [0.15, 0.2) is 42.5 Å². The fourth-order valence-electron chi connectivity index (χ4n) is 2.10. The van der Waals surface area contributed by atoms with E-state index >= 15 is 0 Å². The Hall–Kier alpha value is -1.71. The van der Waals surface area contributed by atoms with E-state index in [1.54, 1.807) is 14.2 Å². The van der Waals surface area contributed by atoms with E-state index in [-0.39, 0.29) is 0 Å². The summed E-state index contributed by atoms with van der Waals surface area (Å²) in [7, 11) is 3.30. The van der Waals surface area contributed by atoms with Crippen LogP contribution in [0.2, 0.25) is 5.02 Å². The normalized spacial score (nSPS) is 10.4. The molecular formula is C17H20ClNO2. The Balaban J connectivity index is 1.82. The van der Waals surface area contributed by atoms with Crippen LogP contribution >= 0.6 is 11.6 Å². The van der Waals surface area contributed by atoms with E-state index in [4.69, 9.17) is 21.1 Å². The molecule has 0 fully saturated rings. The summed E-state index contributed by atoms with van der Waals surface area (Å²) in [6.07, 6.45) is 0.938. The van der Waals surface area contributed by atoms with Gasteiger partial charge in [0.2, 0.25) is 0 Å². The van der Waals surface area contributed by atoms with Gasteiger partial charge < -0.3 is 14.8 Å². The highest BCUT2D eigenvalue weighted by molar-refractivity contribution is 6.30. The van der Waals surface area contributed by atoms with Crippen molar-refractivity contribution in [1.82, 2.24) is 5.32 Å². The third-order valence-corrected chi connectivity index (χ3v) is 3.53. The van der Waals surface area contributed by atoms with Crippen LogP contribution in [0.5, 0.6) is 11.5 Å². The largest absolute Gasteiger partial charge is 0.493 e. The minimum atomic E-state index is 0.760. The van der Waals surface area contributed by atoms with Gasteiger partial charge in [0.05, 0.1) is 14.2 Å². The lowest BCUT2D eigenvalue weighted by Gasteiger charge is -2.10. The first-order chi connectivity index (χ1) is 10.2. The maximum absolute atomic E-state index is 5.86. The molecule has 0 spiro atoms. The van der Waals surface area contributed by atoms with Crippen LogP contribution in [0.3, 0.4) is 0 Å². The van der Waals surface area contributed by atoms with Crippen molar-refractivity contribution in [2.24, 2.45) is 0 Å². The fraction of sp³-hybridized carbons (Fsp3) is 0.294. The number of halogens is 1. The zero-order chi connectivity index (χ0) is 15.1. The molecule has 0 radical (unpaired) electrons. The number of benzene rings is 2. The molecule has 0 saturated heterocycles. The Morgan fingerprint density at radius 3 is 2.24 bits per heavy atom. The molecule has 21 heavy (non-hydrogen) atoms. The van der Waals surface area contributed by atoms with Crippen LogP contribution < -0.4 is 14.8 Å². The van der Waals surface area contributed by atoms with Crippen molar-refractivity contribution in [3.63, 3.8) is 0 Å². The summed E-state index contributed by atoms with van der Waals surface area (Å²) < 4.78 is 10.5. The molecule has 3 nitrogen and oxygen atoms in total. The van der Waals surface area contributed by atoms with Crippen LogP contribution in [0.1, 0.15) is 11.1 Å². The Labute approximate surface area is 130 Å². The molecule has 1 N–H and O–H groups in total. The van der Waals surface area contributed by atoms with E-state index in [1.807, 2.05) is 36.4 Å². The van der Waals surface area contributed by atoms with Crippen molar-refractivity contribution in [2.45, 2.75) is 13.0 Å². The van der Waals surface area contributed by atoms with Gasteiger partial charge >= 0.3 is 0 Å². The number of hydrogen-bond acceptors (Lipinski definition) is 3. The first kappa shape index (κ1) is 15.7. The fourth-order valence-corrected chi connectivity index (χ4v) is 2.23. The Morgan fingerprint density at radius 2 is 1.57 bits per heavy atom. The molecule has 112 valence electrons. The summed E-state index contributed by atoms with van der Waals surface area (Å²) in [6.45, 7) is 1.74. The quantitative estimate of drug-likeness (QED) is 0.791. The van der Waals surface area contributed by atoms with Gasteiger partial charge in [-0.1, -0.05) is 29.8 Å². The summed E-state index contributed by atoms with van der Waals surface area (Å²) in [5.74, 6) is 1.53. The van der Waals surface area contributed by atoms with Gasteiger partial charge in [-0.05, 0) is 48.4 Å². The smallest absolute Gasteiger partial charge is 0.160 e. The van der Waals surface area contributed by atoms with Crippen molar-refractivity contribution in [3.05, 3.63) is 58.6 Å². The van der Waals surface area contributed by atoms with Gasteiger partial charge in [0.15, 0.2) is 11.5 Å². The SMILES string of the molecule is COc1ccc(CCNCc2ccc(Cl)cc2)cc1OC. The van der Waals surface area contributed by atoms with Gasteiger partial charge in [0.1, 0.15) is 0 Å². The number of hydrogen-bond donors (Lipinski definition) is 1. The Bertz CT molecular complexity index is 570. The first-order valence-electron chi connectivity index (χ1n) is 6.89. The number of ether oxygens (including phenoxy) is 2. The second kappa shape index (κ2) is 7.91. The van der Waals surface area contributed by atoms with E-state index in [2.05, 4.69) is 11.4 Å². The molecule has 0 aromatic heterocycles. The molecule has 0 saturated carbocycles. The molecule has 2 rings (SSSR count). The highest BCUT2D eigenvalue weighted by atomic mass is 35.5. The van der Waals surface area contributed by atoms with Gasteiger partial charge in [0, 0.05) is 11.6 Å². The van der Waals surface area contributed by atoms with E-state index in [9.17, 15) is 0 Å². The van der Waals surface area contributed by atoms with Crippen LogP contribution in [0.25, 0.3) is 0 Å². The molecule has 0 heterocycles. The lowest BCUT2D eigenvalue weighted by molar-refractivity contribution is 0.354. The Morgan fingerprint density at radius 1 is 0.905 bits per heavy atom. The summed E-state index contributed by atoms with van der Waals surface area (Å²) in [4.78, 5) is 0. The lowest BCUT2D eigenvalue weighted by atomic mass is 10.1. The van der Waals surface area contributed by atoms with Crippen molar-refractivity contribution < 1.29 is 9.47 Å². The molecule has 0 atom stereocenters. The number of methoxy groups -OCH3 is 2. The van der Waals surface area contributed by atoms with Gasteiger partial charge in [-0.3, -0.25) is 0 Å². The second-order valence-electron chi connectivity index (χ2n) is 4.74. The maximum Gasteiger partial charge on any atom is 0.160 e. The third kappa shape index (κ3) is 4.66. The third-order valence-electron chi connectivity index (χ3n) is 3.28. The highest BCUT2D eigenvalue weighted by Gasteiger charge is 2.04. The molecular weight excluding hydrogens is 286 g/mol. The van der Waals surface area contributed by atoms with E-state index in [0.29, 0.717) is 0 Å². The standard InChI is InChI=1S/C17H20ClNO2/c1-20-16-8-5-13(11-17(16)21-2)9-10-19-12-14-3-6-15(18)7-4-14/h3-8,11,19H,9-10,12H2,1-2H3. The summed E-state index contributed by atoms with van der Waals surface area (Å²) in [6, 6.07) is 13.9. The minimum Gasteiger partial charge on any atom is -0.493 e. The van der Waals surface area contributed by atoms with Crippen LogP contribution in [0.4, 0.5) is 0 Å². The molecule has 0 unspecified atom stereocenters. The van der Waals surface area contributed by atoms with Crippen molar-refractivity contribution in [1.29, 1.82) is 0 Å². The molecule has 2 aromatic carbocycles. The van der Waals surface area contributed by atoms with Crippen LogP contribution in [-0.4, -0.2) is 20.8 Å². The van der Waals surface area contributed by atoms with Gasteiger partial charge in [-0.2, -0.15) is 0 Å². The first-order valence-corrected chi connectivity index (χ1v) is 7.27. The zero-order valence-electron chi connectivity index (χ0n) is 12.4. The maximum atomic E-state index is 5.86. The molecule has 2 aromatic rings. The molecule has 0 aliphatic rings. The molecule has 0 aliphatic heterocycles. The lowest BCUT2D eigenvalue weighted by Crippen LogP contribution is -2.16. The highest BCUT2D eigenvalue weighted by Crippen LogP contribution is 2.27. The predicted octanol–water partition coefficient (Wildman–Crippen LogP) is 3.69. The number of rotatable bonds is 7. The van der Waals surface area contributed by atoms with Crippen LogP contribution in [-0.2, 0) is 13.0 Å². The zero-order valence-corrected chi connectivity index (χ0v) is 13.1. The summed E-state index contributed by atoms with van der Waals surface area (Å²) >= 11 is 5.86. The average molecular weight is 306 g/mol. The summed E-state index contributed by atoms with van der Waals surface area (Å²) in [5.41, 5.74) is 2.45. The van der Waals surface area contributed by atoms with Gasteiger partial charge in [-0.15, -0.1) is 0 Å². The van der Waals surface area contributed by atoms with E-state index < -0.39 is 0 Å². The van der Waals surface area contributed by atoms with Gasteiger partial charge in [0.25, 0.3) is 0 Å². The van der Waals surface area contributed by atoms with E-state index in [0.717, 1.165) is 36.0 Å². The monoisotopic (exact) mass is 305 g/mol. The molecule has 4 heteroatoms. The number of nitrogens with one attached hydrogen (secondary N) is 1. The average Bonchev–Trinajstić information content (AvgIpc) is 2.53. The van der Waals surface area contributed by atoms with Crippen LogP contribution in [0, 0.1) is 0 Å². The van der Waals surface area contributed by atoms with Crippen molar-refractivity contribution >= 4 is 11.6 Å². The van der Waals surface area contributed by atoms with E-state index in [1.165, 1.54) is 11.1 Å². The Kier molecular flexibility index (Phi) is 5.90. The van der Waals surface area contributed by atoms with Gasteiger partial charge in [-0.25, -0.2) is 0 Å².